The maximum Gasteiger partial charge on any atom is 0.159 e. The number of aliphatic hydroxyl groups excluding tert-OH is 2. The third-order valence-corrected chi connectivity index (χ3v) is 3.77. The lowest BCUT2D eigenvalue weighted by Crippen LogP contribution is -2.58. The molecule has 0 saturated carbocycles. The van der Waals surface area contributed by atoms with Crippen LogP contribution in [0.5, 0.6) is 0 Å². The summed E-state index contributed by atoms with van der Waals surface area (Å²) in [5.41, 5.74) is -0.149. The van der Waals surface area contributed by atoms with Crippen LogP contribution in [0.15, 0.2) is 4.99 Å². The molecule has 0 aromatic rings. The monoisotopic (exact) mass is 232 g/mol. The lowest BCUT2D eigenvalue weighted by molar-refractivity contribution is -0.148. The maximum atomic E-state index is 9.84. The van der Waals surface area contributed by atoms with Gasteiger partial charge in [-0.15, -0.1) is 0 Å². The molecular weight excluding hydrogens is 216 g/mol. The molecule has 0 aromatic carbocycles. The van der Waals surface area contributed by atoms with Crippen molar-refractivity contribution < 1.29 is 14.9 Å². The third kappa shape index (κ3) is 1.99. The van der Waals surface area contributed by atoms with Crippen LogP contribution in [0.2, 0.25) is 0 Å². The molecule has 0 bridgehead atoms. The van der Waals surface area contributed by atoms with Gasteiger partial charge < -0.3 is 20.3 Å². The number of ether oxygens (including phenoxy) is 1. The Labute approximate surface area is 92.9 Å². The second-order valence-electron chi connectivity index (χ2n) is 3.76. The number of aliphatic imine (C=N–C) groups is 1. The fourth-order valence-corrected chi connectivity index (χ4v) is 3.03. The first-order valence-electron chi connectivity index (χ1n) is 5.12. The molecule has 2 aliphatic rings. The van der Waals surface area contributed by atoms with Gasteiger partial charge in [0.15, 0.2) is 5.17 Å². The largest absolute Gasteiger partial charge is 0.388 e. The van der Waals surface area contributed by atoms with Crippen molar-refractivity contribution >= 4 is 16.9 Å². The van der Waals surface area contributed by atoms with E-state index in [2.05, 4.69) is 10.3 Å². The molecule has 2 aliphatic heterocycles. The van der Waals surface area contributed by atoms with Crippen LogP contribution in [0.1, 0.15) is 13.8 Å². The van der Waals surface area contributed by atoms with Gasteiger partial charge in [0.05, 0.1) is 12.1 Å². The minimum Gasteiger partial charge on any atom is -0.388 e. The number of fused-ring (bicyclic) bond motifs is 1. The second-order valence-corrected chi connectivity index (χ2v) is 4.85. The van der Waals surface area contributed by atoms with Crippen LogP contribution >= 0.6 is 11.8 Å². The Morgan fingerprint density at radius 3 is 2.87 bits per heavy atom. The quantitative estimate of drug-likeness (QED) is 0.570. The van der Waals surface area contributed by atoms with Gasteiger partial charge in [-0.2, -0.15) is 0 Å². The van der Waals surface area contributed by atoms with Crippen molar-refractivity contribution in [1.82, 2.24) is 5.32 Å². The Balaban J connectivity index is 2.10. The minimum atomic E-state index is -0.833. The van der Waals surface area contributed by atoms with Crippen molar-refractivity contribution in [2.45, 2.75) is 43.6 Å². The summed E-state index contributed by atoms with van der Waals surface area (Å²) in [6, 6.07) is -0.258. The molecule has 6 heteroatoms. The van der Waals surface area contributed by atoms with Crippen LogP contribution in [-0.4, -0.2) is 51.7 Å². The Bertz CT molecular complexity index is 274. The lowest BCUT2D eigenvalue weighted by Gasteiger charge is -2.37. The zero-order chi connectivity index (χ0) is 11.0. The van der Waals surface area contributed by atoms with E-state index in [1.165, 1.54) is 11.8 Å². The molecule has 5 nitrogen and oxygen atoms in total. The highest BCUT2D eigenvalue weighted by atomic mass is 32.2. The first-order chi connectivity index (χ1) is 7.13. The summed E-state index contributed by atoms with van der Waals surface area (Å²) in [4.78, 5) is 4.23. The fourth-order valence-electron chi connectivity index (χ4n) is 1.80. The van der Waals surface area contributed by atoms with Crippen molar-refractivity contribution in [3.05, 3.63) is 0 Å². The SMILES string of the molecule is CCN=C1N[C@@H]2[C@@H](O)[C@H](O)[C@@H](C)O[C@@H]2S1. The van der Waals surface area contributed by atoms with Gasteiger partial charge >= 0.3 is 0 Å². The second kappa shape index (κ2) is 4.29. The Morgan fingerprint density at radius 1 is 1.47 bits per heavy atom. The Kier molecular flexibility index (Phi) is 3.20. The number of rotatable bonds is 1. The average molecular weight is 232 g/mol. The molecule has 0 radical (unpaired) electrons. The van der Waals surface area contributed by atoms with Gasteiger partial charge in [-0.1, -0.05) is 11.8 Å². The molecule has 0 aromatic heterocycles. The number of hydrogen-bond donors (Lipinski definition) is 3. The number of nitrogens with one attached hydrogen (secondary N) is 1. The molecule has 0 unspecified atom stereocenters. The summed E-state index contributed by atoms with van der Waals surface area (Å²) >= 11 is 1.47. The van der Waals surface area contributed by atoms with Gasteiger partial charge in [0.1, 0.15) is 17.6 Å². The standard InChI is InChI=1S/C9H16N2O3S/c1-3-10-9-11-5-7(13)6(12)4(2)14-8(5)15-9/h4-8,12-13H,3H2,1-2H3,(H,10,11)/t4-,5-,6-,7-,8-/m1/s1. The highest BCUT2D eigenvalue weighted by Gasteiger charge is 2.47. The molecule has 86 valence electrons. The van der Waals surface area contributed by atoms with Crippen LogP contribution in [0, 0.1) is 0 Å². The van der Waals surface area contributed by atoms with Crippen LogP contribution in [0.3, 0.4) is 0 Å². The smallest absolute Gasteiger partial charge is 0.159 e. The summed E-state index contributed by atoms with van der Waals surface area (Å²) in [6.07, 6.45) is -1.97. The summed E-state index contributed by atoms with van der Waals surface area (Å²) in [7, 11) is 0. The Morgan fingerprint density at radius 2 is 2.20 bits per heavy atom. The summed E-state index contributed by atoms with van der Waals surface area (Å²) < 4.78 is 5.58. The van der Waals surface area contributed by atoms with Gasteiger partial charge in [-0.25, -0.2) is 0 Å². The predicted molar refractivity (Wildman–Crippen MR) is 58.8 cm³/mol. The molecule has 5 atom stereocenters. The van der Waals surface area contributed by atoms with Crippen LogP contribution in [0.4, 0.5) is 0 Å². The minimum absolute atomic E-state index is 0.149. The number of thioether (sulfide) groups is 1. The van der Waals surface area contributed by atoms with Gasteiger partial charge in [-0.3, -0.25) is 4.99 Å². The van der Waals surface area contributed by atoms with E-state index in [4.69, 9.17) is 4.74 Å². The fraction of sp³-hybridized carbons (Fsp3) is 0.889. The topological polar surface area (TPSA) is 74.1 Å². The van der Waals surface area contributed by atoms with E-state index >= 15 is 0 Å². The molecule has 2 fully saturated rings. The zero-order valence-corrected chi connectivity index (χ0v) is 9.57. The summed E-state index contributed by atoms with van der Waals surface area (Å²) in [5.74, 6) is 0. The van der Waals surface area contributed by atoms with Crippen molar-refractivity contribution in [3.63, 3.8) is 0 Å². The molecule has 0 amide bonds. The van der Waals surface area contributed by atoms with Crippen molar-refractivity contribution in [3.8, 4) is 0 Å². The maximum absolute atomic E-state index is 9.84. The van der Waals surface area contributed by atoms with E-state index in [0.717, 1.165) is 5.17 Å². The number of aliphatic hydroxyl groups is 2. The normalized spacial score (nSPS) is 47.7. The van der Waals surface area contributed by atoms with E-state index < -0.39 is 12.2 Å². The molecule has 2 rings (SSSR count). The van der Waals surface area contributed by atoms with Gasteiger partial charge in [0, 0.05) is 6.54 Å². The van der Waals surface area contributed by atoms with Gasteiger partial charge in [-0.05, 0) is 13.8 Å². The molecule has 2 saturated heterocycles. The summed E-state index contributed by atoms with van der Waals surface area (Å²) in [5, 5.41) is 23.3. The lowest BCUT2D eigenvalue weighted by atomic mass is 9.99. The number of nitrogens with zero attached hydrogens (tertiary/aromatic N) is 1. The first-order valence-corrected chi connectivity index (χ1v) is 6.00. The zero-order valence-electron chi connectivity index (χ0n) is 8.75. The van der Waals surface area contributed by atoms with Crippen LogP contribution in [0.25, 0.3) is 0 Å². The molecule has 0 spiro atoms. The van der Waals surface area contributed by atoms with E-state index in [1.807, 2.05) is 6.92 Å². The van der Waals surface area contributed by atoms with Crippen molar-refractivity contribution in [2.24, 2.45) is 4.99 Å². The highest BCUT2D eigenvalue weighted by molar-refractivity contribution is 8.14. The highest BCUT2D eigenvalue weighted by Crippen LogP contribution is 2.33. The van der Waals surface area contributed by atoms with Crippen molar-refractivity contribution in [1.29, 1.82) is 0 Å². The predicted octanol–water partition coefficient (Wildman–Crippen LogP) is -0.466. The molecule has 0 aliphatic carbocycles. The van der Waals surface area contributed by atoms with Crippen LogP contribution in [-0.2, 0) is 4.74 Å². The molecule has 15 heavy (non-hydrogen) atoms. The van der Waals surface area contributed by atoms with E-state index in [1.54, 1.807) is 6.92 Å². The Hall–Kier alpha value is -0.300. The van der Waals surface area contributed by atoms with E-state index in [0.29, 0.717) is 6.54 Å². The third-order valence-electron chi connectivity index (χ3n) is 2.66. The van der Waals surface area contributed by atoms with Crippen molar-refractivity contribution in [2.75, 3.05) is 6.54 Å². The number of amidine groups is 1. The van der Waals surface area contributed by atoms with E-state index in [-0.39, 0.29) is 17.6 Å². The average Bonchev–Trinajstić information content (AvgIpc) is 2.58. The first kappa shape index (κ1) is 11.2. The number of hydrogen-bond acceptors (Lipinski definition) is 5. The van der Waals surface area contributed by atoms with Crippen LogP contribution < -0.4 is 5.32 Å². The molecule has 3 N–H and O–H groups in total. The molecular formula is C9H16N2O3S. The summed E-state index contributed by atoms with van der Waals surface area (Å²) in [6.45, 7) is 4.41. The van der Waals surface area contributed by atoms with Gasteiger partial charge in [0.25, 0.3) is 0 Å². The van der Waals surface area contributed by atoms with E-state index in [9.17, 15) is 10.2 Å². The van der Waals surface area contributed by atoms with Gasteiger partial charge in [0.2, 0.25) is 0 Å². The molecule has 2 heterocycles.